The van der Waals surface area contributed by atoms with Gasteiger partial charge in [-0.15, -0.1) is 19.7 Å². The highest BCUT2D eigenvalue weighted by atomic mass is 17.2. The van der Waals surface area contributed by atoms with Gasteiger partial charge in [0.2, 0.25) is 0 Å². The molecule has 6 nitrogen and oxygen atoms in total. The summed E-state index contributed by atoms with van der Waals surface area (Å²) in [6.45, 7) is 12.7. The van der Waals surface area contributed by atoms with E-state index in [1.165, 1.54) is 18.8 Å². The van der Waals surface area contributed by atoms with Gasteiger partial charge in [0, 0.05) is 19.3 Å². The van der Waals surface area contributed by atoms with E-state index >= 15 is 0 Å². The zero-order valence-electron chi connectivity index (χ0n) is 16.0. The smallest absolute Gasteiger partial charge is 0.162 e. The molecule has 0 unspecified atom stereocenters. The van der Waals surface area contributed by atoms with Crippen LogP contribution in [0.4, 0.5) is 0 Å². The summed E-state index contributed by atoms with van der Waals surface area (Å²) in [5.41, 5.74) is 1.09. The minimum absolute atomic E-state index is 0.713. The van der Waals surface area contributed by atoms with Crippen LogP contribution < -0.4 is 0 Å². The van der Waals surface area contributed by atoms with Crippen LogP contribution in [0.3, 0.4) is 0 Å². The van der Waals surface area contributed by atoms with E-state index in [0.29, 0.717) is 12.8 Å². The first-order valence-corrected chi connectivity index (χ1v) is 8.61. The van der Waals surface area contributed by atoms with Crippen LogP contribution in [-0.4, -0.2) is 0 Å². The lowest BCUT2D eigenvalue weighted by molar-refractivity contribution is -0.216. The van der Waals surface area contributed by atoms with Gasteiger partial charge in [-0.1, -0.05) is 18.2 Å². The first-order valence-electron chi connectivity index (χ1n) is 8.61. The molecule has 6 heteroatoms. The predicted molar refractivity (Wildman–Crippen MR) is 107 cm³/mol. The van der Waals surface area contributed by atoms with Crippen molar-refractivity contribution in [3.05, 3.63) is 110 Å². The Labute approximate surface area is 166 Å². The van der Waals surface area contributed by atoms with Crippen LogP contribution in [0.1, 0.15) is 26.2 Å². The fourth-order valence-electron chi connectivity index (χ4n) is 1.78. The molecule has 0 radical (unpaired) electrons. The molecule has 0 aromatic carbocycles. The molecule has 3 heterocycles. The maximum absolute atomic E-state index is 4.85. The molecule has 0 amide bonds. The monoisotopic (exact) mass is 386 g/mol. The molecule has 0 fully saturated rings. The van der Waals surface area contributed by atoms with E-state index in [0.717, 1.165) is 29.3 Å². The molecule has 0 aromatic heterocycles. The molecule has 0 bridgehead atoms. The fraction of sp³-hybridized carbons (Fsp3) is 0.182. The maximum Gasteiger partial charge on any atom is 0.162 e. The number of allylic oxidation sites excluding steroid dienone is 9. The van der Waals surface area contributed by atoms with Crippen molar-refractivity contribution in [2.75, 3.05) is 0 Å². The SMILES string of the molecule is C=CCC1=C(C)C=COO1.C=CCC1=CC=COO1.C=CCC1=CC=COO1. The van der Waals surface area contributed by atoms with E-state index in [4.69, 9.17) is 14.7 Å². The van der Waals surface area contributed by atoms with Crippen molar-refractivity contribution < 1.29 is 29.3 Å². The van der Waals surface area contributed by atoms with Crippen LogP contribution >= 0.6 is 0 Å². The average molecular weight is 386 g/mol. The Morgan fingerprint density at radius 1 is 0.714 bits per heavy atom. The molecule has 0 aliphatic carbocycles. The zero-order chi connectivity index (χ0) is 20.5. The lowest BCUT2D eigenvalue weighted by Crippen LogP contribution is -1.96. The highest BCUT2D eigenvalue weighted by molar-refractivity contribution is 5.21. The van der Waals surface area contributed by atoms with Crippen molar-refractivity contribution in [1.29, 1.82) is 0 Å². The molecule has 3 rings (SSSR count). The number of hydrogen-bond acceptors (Lipinski definition) is 6. The molecule has 0 N–H and O–H groups in total. The summed E-state index contributed by atoms with van der Waals surface area (Å²) < 4.78 is 0. The second kappa shape index (κ2) is 14.6. The maximum atomic E-state index is 4.85. The molecular weight excluding hydrogens is 360 g/mol. The molecule has 0 spiro atoms. The van der Waals surface area contributed by atoms with Gasteiger partial charge in [-0.05, 0) is 42.9 Å². The van der Waals surface area contributed by atoms with Gasteiger partial charge in [0.25, 0.3) is 0 Å². The van der Waals surface area contributed by atoms with Gasteiger partial charge in [-0.25, -0.2) is 0 Å². The summed E-state index contributed by atoms with van der Waals surface area (Å²) >= 11 is 0. The predicted octanol–water partition coefficient (Wildman–Crippen LogP) is 6.16. The number of rotatable bonds is 6. The summed E-state index contributed by atoms with van der Waals surface area (Å²) in [6.07, 6.45) is 21.0. The third-order valence-corrected chi connectivity index (χ3v) is 3.13. The molecule has 0 atom stereocenters. The van der Waals surface area contributed by atoms with Gasteiger partial charge in [0.1, 0.15) is 18.8 Å². The quantitative estimate of drug-likeness (QED) is 0.403. The minimum atomic E-state index is 0.713. The standard InChI is InChI=1S/C8H10O2.2C7H8O2/c1-3-4-8-7(2)5-6-9-10-8;2*1-2-4-7-5-3-6-8-9-7/h3,5-6H,1,4H2,2H3;2*2-3,5-6H,1,4H2. The first-order chi connectivity index (χ1) is 13.7. The second-order valence-corrected chi connectivity index (χ2v) is 5.35. The Kier molecular flexibility index (Phi) is 11.7. The minimum Gasteiger partial charge on any atom is -0.298 e. The van der Waals surface area contributed by atoms with Crippen LogP contribution in [-0.2, 0) is 29.3 Å². The Bertz CT molecular complexity index is 654. The van der Waals surface area contributed by atoms with Crippen molar-refractivity contribution in [2.24, 2.45) is 0 Å². The second-order valence-electron chi connectivity index (χ2n) is 5.35. The molecule has 0 saturated heterocycles. The van der Waals surface area contributed by atoms with Crippen LogP contribution in [0, 0.1) is 0 Å². The fourth-order valence-corrected chi connectivity index (χ4v) is 1.78. The average Bonchev–Trinajstić information content (AvgIpc) is 2.73. The Hall–Kier alpha value is -3.54. The molecule has 3 aliphatic heterocycles. The lowest BCUT2D eigenvalue weighted by Gasteiger charge is -2.10. The van der Waals surface area contributed by atoms with Gasteiger partial charge in [0.15, 0.2) is 17.3 Å². The van der Waals surface area contributed by atoms with Crippen LogP contribution in [0.25, 0.3) is 0 Å². The summed E-state index contributed by atoms with van der Waals surface area (Å²) in [4.78, 5) is 28.0. The highest BCUT2D eigenvalue weighted by Gasteiger charge is 2.04. The van der Waals surface area contributed by atoms with E-state index in [9.17, 15) is 0 Å². The molecular formula is C22H26O6. The summed E-state index contributed by atoms with van der Waals surface area (Å²) in [5, 5.41) is 0. The van der Waals surface area contributed by atoms with Gasteiger partial charge in [-0.3, -0.25) is 29.3 Å². The van der Waals surface area contributed by atoms with Crippen LogP contribution in [0.5, 0.6) is 0 Å². The molecule has 28 heavy (non-hydrogen) atoms. The number of hydrogen-bond donors (Lipinski definition) is 0. The third-order valence-electron chi connectivity index (χ3n) is 3.13. The first kappa shape index (κ1) is 22.5. The Morgan fingerprint density at radius 3 is 1.61 bits per heavy atom. The molecule has 0 saturated carbocycles. The normalized spacial score (nSPS) is 15.6. The zero-order valence-corrected chi connectivity index (χ0v) is 16.0. The van der Waals surface area contributed by atoms with Gasteiger partial charge >= 0.3 is 0 Å². The van der Waals surface area contributed by atoms with Crippen molar-refractivity contribution >= 4 is 0 Å². The van der Waals surface area contributed by atoms with E-state index in [1.54, 1.807) is 30.4 Å². The van der Waals surface area contributed by atoms with Gasteiger partial charge in [0.05, 0.1) is 0 Å². The van der Waals surface area contributed by atoms with Gasteiger partial charge in [-0.2, -0.15) is 0 Å². The molecule has 150 valence electrons. The highest BCUT2D eigenvalue weighted by Crippen LogP contribution is 2.16. The topological polar surface area (TPSA) is 55.4 Å². The van der Waals surface area contributed by atoms with E-state index in [1.807, 2.05) is 25.2 Å². The van der Waals surface area contributed by atoms with Crippen molar-refractivity contribution in [3.8, 4) is 0 Å². The summed E-state index contributed by atoms with van der Waals surface area (Å²) in [7, 11) is 0. The van der Waals surface area contributed by atoms with Crippen LogP contribution in [0.2, 0.25) is 0 Å². The van der Waals surface area contributed by atoms with E-state index in [2.05, 4.69) is 34.4 Å². The Balaban J connectivity index is 0.000000210. The largest absolute Gasteiger partial charge is 0.298 e. The van der Waals surface area contributed by atoms with Crippen LogP contribution in [0.15, 0.2) is 110 Å². The molecule has 0 aromatic rings. The van der Waals surface area contributed by atoms with Crippen molar-refractivity contribution in [1.82, 2.24) is 0 Å². The third kappa shape index (κ3) is 9.82. The lowest BCUT2D eigenvalue weighted by atomic mass is 10.2. The summed E-state index contributed by atoms with van der Waals surface area (Å²) in [5.74, 6) is 2.40. The van der Waals surface area contributed by atoms with Crippen molar-refractivity contribution in [3.63, 3.8) is 0 Å². The van der Waals surface area contributed by atoms with Gasteiger partial charge < -0.3 is 0 Å². The van der Waals surface area contributed by atoms with E-state index < -0.39 is 0 Å². The molecule has 3 aliphatic rings. The Morgan fingerprint density at radius 2 is 1.21 bits per heavy atom. The van der Waals surface area contributed by atoms with Crippen molar-refractivity contribution in [2.45, 2.75) is 26.2 Å². The van der Waals surface area contributed by atoms with E-state index in [-0.39, 0.29) is 0 Å². The summed E-state index contributed by atoms with van der Waals surface area (Å²) in [6, 6.07) is 0.